The highest BCUT2D eigenvalue weighted by Crippen LogP contribution is 2.17. The summed E-state index contributed by atoms with van der Waals surface area (Å²) in [5.41, 5.74) is 1.78. The molecule has 0 aliphatic carbocycles. The molecule has 5 heteroatoms. The molecule has 0 aromatic heterocycles. The van der Waals surface area contributed by atoms with Crippen LogP contribution in [0.5, 0.6) is 0 Å². The van der Waals surface area contributed by atoms with Crippen LogP contribution in [0, 0.1) is 11.3 Å². The minimum Gasteiger partial charge on any atom is -0.478 e. The molecule has 1 N–H and O–H groups in total. The molecule has 20 heavy (non-hydrogen) atoms. The van der Waals surface area contributed by atoms with E-state index in [1.807, 2.05) is 6.07 Å². The maximum atomic E-state index is 11.6. The molecule has 0 saturated heterocycles. The number of aryl methyl sites for hydroxylation is 1. The van der Waals surface area contributed by atoms with Gasteiger partial charge in [-0.1, -0.05) is 6.07 Å². The van der Waals surface area contributed by atoms with E-state index in [-0.39, 0.29) is 6.61 Å². The fraction of sp³-hybridized carbons (Fsp3) is 0.267. The molecule has 0 aliphatic rings. The van der Waals surface area contributed by atoms with Crippen LogP contribution in [0.3, 0.4) is 0 Å². The van der Waals surface area contributed by atoms with Gasteiger partial charge in [0.15, 0.2) is 0 Å². The van der Waals surface area contributed by atoms with Crippen LogP contribution in [-0.4, -0.2) is 23.7 Å². The van der Waals surface area contributed by atoms with Crippen molar-refractivity contribution in [3.05, 3.63) is 41.0 Å². The summed E-state index contributed by atoms with van der Waals surface area (Å²) in [5, 5.41) is 17.3. The minimum absolute atomic E-state index is 0.273. The lowest BCUT2D eigenvalue weighted by molar-refractivity contribution is -0.131. The van der Waals surface area contributed by atoms with Gasteiger partial charge in [-0.05, 0) is 42.7 Å². The summed E-state index contributed by atoms with van der Waals surface area (Å²) < 4.78 is 4.90. The molecule has 0 amide bonds. The second-order valence-electron chi connectivity index (χ2n) is 3.96. The fourth-order valence-electron chi connectivity index (χ4n) is 1.67. The molecule has 0 radical (unpaired) electrons. The Morgan fingerprint density at radius 2 is 2.20 bits per heavy atom. The fourth-order valence-corrected chi connectivity index (χ4v) is 1.67. The van der Waals surface area contributed by atoms with Crippen molar-refractivity contribution < 1.29 is 19.4 Å². The normalized spacial score (nSPS) is 10.2. The van der Waals surface area contributed by atoms with Crippen molar-refractivity contribution >= 4 is 18.0 Å². The SMILES string of the molecule is CCOC(=O)c1ccc(CCC#N)c(/C=C/C(=O)O)c1. The predicted molar refractivity (Wildman–Crippen MR) is 73.0 cm³/mol. The maximum Gasteiger partial charge on any atom is 0.338 e. The molecule has 0 heterocycles. The first kappa shape index (κ1) is 15.4. The average molecular weight is 273 g/mol. The molecule has 0 fully saturated rings. The van der Waals surface area contributed by atoms with Gasteiger partial charge in [-0.2, -0.15) is 5.26 Å². The number of benzene rings is 1. The number of nitriles is 1. The van der Waals surface area contributed by atoms with Crippen LogP contribution >= 0.6 is 0 Å². The molecule has 104 valence electrons. The molecule has 0 atom stereocenters. The highest BCUT2D eigenvalue weighted by molar-refractivity contribution is 5.91. The van der Waals surface area contributed by atoms with E-state index in [9.17, 15) is 9.59 Å². The van der Waals surface area contributed by atoms with Crippen LogP contribution in [0.25, 0.3) is 6.08 Å². The van der Waals surface area contributed by atoms with Gasteiger partial charge in [-0.25, -0.2) is 9.59 Å². The number of carbonyl (C=O) groups is 2. The molecule has 0 bridgehead atoms. The molecule has 0 saturated carbocycles. The number of carboxylic acids is 1. The number of nitrogens with zero attached hydrogens (tertiary/aromatic N) is 1. The number of ether oxygens (including phenoxy) is 1. The van der Waals surface area contributed by atoms with Gasteiger partial charge in [0.05, 0.1) is 18.2 Å². The van der Waals surface area contributed by atoms with Crippen LogP contribution in [0.2, 0.25) is 0 Å². The zero-order chi connectivity index (χ0) is 15.0. The highest BCUT2D eigenvalue weighted by atomic mass is 16.5. The zero-order valence-electron chi connectivity index (χ0n) is 11.1. The van der Waals surface area contributed by atoms with Crippen molar-refractivity contribution in [1.29, 1.82) is 5.26 Å². The lowest BCUT2D eigenvalue weighted by Gasteiger charge is -2.07. The Morgan fingerprint density at radius 1 is 1.45 bits per heavy atom. The van der Waals surface area contributed by atoms with Crippen LogP contribution < -0.4 is 0 Å². The summed E-state index contributed by atoms with van der Waals surface area (Å²) in [4.78, 5) is 22.2. The van der Waals surface area contributed by atoms with Gasteiger partial charge in [0.1, 0.15) is 0 Å². The standard InChI is InChI=1S/C15H15NO4/c1-2-20-15(19)13-6-5-11(4-3-9-16)12(10-13)7-8-14(17)18/h5-8,10H,2-4H2,1H3,(H,17,18)/b8-7+. The van der Waals surface area contributed by atoms with Crippen molar-refractivity contribution in [2.45, 2.75) is 19.8 Å². The summed E-state index contributed by atoms with van der Waals surface area (Å²) >= 11 is 0. The topological polar surface area (TPSA) is 87.4 Å². The van der Waals surface area contributed by atoms with Gasteiger partial charge in [0.25, 0.3) is 0 Å². The third kappa shape index (κ3) is 4.58. The summed E-state index contributed by atoms with van der Waals surface area (Å²) in [6.45, 7) is 1.99. The summed E-state index contributed by atoms with van der Waals surface area (Å²) in [7, 11) is 0. The molecule has 1 aromatic rings. The van der Waals surface area contributed by atoms with Gasteiger partial charge in [-0.15, -0.1) is 0 Å². The second-order valence-corrected chi connectivity index (χ2v) is 3.96. The van der Waals surface area contributed by atoms with Crippen molar-refractivity contribution in [3.8, 4) is 6.07 Å². The molecule has 0 spiro atoms. The zero-order valence-corrected chi connectivity index (χ0v) is 11.1. The van der Waals surface area contributed by atoms with Crippen molar-refractivity contribution in [3.63, 3.8) is 0 Å². The summed E-state index contributed by atoms with van der Waals surface area (Å²) in [5.74, 6) is -1.53. The first-order valence-corrected chi connectivity index (χ1v) is 6.16. The van der Waals surface area contributed by atoms with Gasteiger partial charge in [0, 0.05) is 12.5 Å². The summed E-state index contributed by atoms with van der Waals surface area (Å²) in [6, 6.07) is 6.93. The Hall–Kier alpha value is -2.61. The summed E-state index contributed by atoms with van der Waals surface area (Å²) in [6.07, 6.45) is 3.24. The van der Waals surface area contributed by atoms with E-state index in [2.05, 4.69) is 0 Å². The minimum atomic E-state index is -1.07. The Bertz CT molecular complexity index is 570. The van der Waals surface area contributed by atoms with Crippen molar-refractivity contribution in [2.24, 2.45) is 0 Å². The van der Waals surface area contributed by atoms with Crippen LogP contribution in [-0.2, 0) is 16.0 Å². The number of carboxylic acid groups (broad SMARTS) is 1. The van der Waals surface area contributed by atoms with Crippen LogP contribution in [0.15, 0.2) is 24.3 Å². The van der Waals surface area contributed by atoms with Crippen LogP contribution in [0.1, 0.15) is 34.8 Å². The molecule has 5 nitrogen and oxygen atoms in total. The molecular weight excluding hydrogens is 258 g/mol. The lowest BCUT2D eigenvalue weighted by atomic mass is 10.00. The average Bonchev–Trinajstić information content (AvgIpc) is 2.43. The predicted octanol–water partition coefficient (Wildman–Crippen LogP) is 2.42. The first-order valence-electron chi connectivity index (χ1n) is 6.16. The van der Waals surface area contributed by atoms with Crippen LogP contribution in [0.4, 0.5) is 0 Å². The van der Waals surface area contributed by atoms with E-state index < -0.39 is 11.9 Å². The van der Waals surface area contributed by atoms with Gasteiger partial charge in [0.2, 0.25) is 0 Å². The van der Waals surface area contributed by atoms with E-state index in [4.69, 9.17) is 15.1 Å². The number of aliphatic carboxylic acids is 1. The Morgan fingerprint density at radius 3 is 2.80 bits per heavy atom. The van der Waals surface area contributed by atoms with E-state index in [0.717, 1.165) is 11.6 Å². The smallest absolute Gasteiger partial charge is 0.338 e. The lowest BCUT2D eigenvalue weighted by Crippen LogP contribution is -2.05. The highest BCUT2D eigenvalue weighted by Gasteiger charge is 2.09. The van der Waals surface area contributed by atoms with E-state index in [1.165, 1.54) is 6.08 Å². The third-order valence-electron chi connectivity index (χ3n) is 2.57. The number of hydrogen-bond donors (Lipinski definition) is 1. The number of hydrogen-bond acceptors (Lipinski definition) is 4. The van der Waals surface area contributed by atoms with Gasteiger partial charge >= 0.3 is 11.9 Å². The molecule has 1 rings (SSSR count). The Labute approximate surface area is 117 Å². The Balaban J connectivity index is 3.10. The van der Waals surface area contributed by atoms with Crippen molar-refractivity contribution in [1.82, 2.24) is 0 Å². The van der Waals surface area contributed by atoms with Gasteiger partial charge < -0.3 is 9.84 Å². The monoisotopic (exact) mass is 273 g/mol. The quantitative estimate of drug-likeness (QED) is 0.635. The third-order valence-corrected chi connectivity index (χ3v) is 2.57. The van der Waals surface area contributed by atoms with E-state index in [0.29, 0.717) is 24.0 Å². The van der Waals surface area contributed by atoms with Gasteiger partial charge in [-0.3, -0.25) is 0 Å². The molecule has 1 aromatic carbocycles. The number of rotatable bonds is 6. The first-order chi connectivity index (χ1) is 9.58. The van der Waals surface area contributed by atoms with E-state index in [1.54, 1.807) is 25.1 Å². The maximum absolute atomic E-state index is 11.6. The molecular formula is C15H15NO4. The van der Waals surface area contributed by atoms with E-state index >= 15 is 0 Å². The van der Waals surface area contributed by atoms with Crippen molar-refractivity contribution in [2.75, 3.05) is 6.61 Å². The Kier molecular flexibility index (Phi) is 5.98. The number of carbonyl (C=O) groups excluding carboxylic acids is 1. The number of esters is 1. The largest absolute Gasteiger partial charge is 0.478 e. The second kappa shape index (κ2) is 7.74. The molecule has 0 unspecified atom stereocenters. The molecule has 0 aliphatic heterocycles.